The SMILES string of the molecule is CCCCC/C=C\C/C=C\C/C=C\CCCCC(CC(=O)NC(CO)C(O)CCCCCCCCCCC)OC(=O)CCCCCCC/C=C/CCCCCCCCC. The average molecular weight is 828 g/mol. The second kappa shape index (κ2) is 46.9. The number of rotatable bonds is 45. The van der Waals surface area contributed by atoms with Crippen LogP contribution < -0.4 is 5.32 Å². The number of carbonyl (C=O) groups excluding carboxylic acids is 2. The minimum absolute atomic E-state index is 0.0488. The van der Waals surface area contributed by atoms with Gasteiger partial charge in [0, 0.05) is 6.42 Å². The van der Waals surface area contributed by atoms with Crippen LogP contribution in [0.2, 0.25) is 0 Å². The average Bonchev–Trinajstić information content (AvgIpc) is 3.23. The fraction of sp³-hybridized carbons (Fsp3) is 0.811. The largest absolute Gasteiger partial charge is 0.462 e. The number of carbonyl (C=O) groups is 2. The van der Waals surface area contributed by atoms with Crippen LogP contribution in [0.25, 0.3) is 0 Å². The summed E-state index contributed by atoms with van der Waals surface area (Å²) >= 11 is 0. The number of unbranched alkanes of at least 4 members (excludes halogenated alkanes) is 25. The van der Waals surface area contributed by atoms with E-state index in [0.717, 1.165) is 77.0 Å². The second-order valence-electron chi connectivity index (χ2n) is 17.2. The van der Waals surface area contributed by atoms with Gasteiger partial charge in [-0.05, 0) is 89.9 Å². The lowest BCUT2D eigenvalue weighted by Gasteiger charge is -2.24. The molecule has 3 unspecified atom stereocenters. The maximum absolute atomic E-state index is 13.2. The Balaban J connectivity index is 4.65. The van der Waals surface area contributed by atoms with E-state index >= 15 is 0 Å². The van der Waals surface area contributed by atoms with E-state index in [1.807, 2.05) is 0 Å². The van der Waals surface area contributed by atoms with Gasteiger partial charge in [-0.2, -0.15) is 0 Å². The number of hydrogen-bond acceptors (Lipinski definition) is 5. The topological polar surface area (TPSA) is 95.9 Å². The molecule has 0 saturated carbocycles. The summed E-state index contributed by atoms with van der Waals surface area (Å²) in [6.45, 7) is 6.42. The van der Waals surface area contributed by atoms with E-state index in [2.05, 4.69) is 74.7 Å². The van der Waals surface area contributed by atoms with Crippen LogP contribution >= 0.6 is 0 Å². The van der Waals surface area contributed by atoms with E-state index in [-0.39, 0.29) is 24.9 Å². The van der Waals surface area contributed by atoms with Crippen molar-refractivity contribution in [3.8, 4) is 0 Å². The van der Waals surface area contributed by atoms with Crippen LogP contribution in [-0.4, -0.2) is 46.9 Å². The Morgan fingerprint density at radius 1 is 0.492 bits per heavy atom. The Bertz CT molecular complexity index is 1020. The molecule has 0 fully saturated rings. The lowest BCUT2D eigenvalue weighted by Crippen LogP contribution is -2.46. The molecule has 1 amide bonds. The molecule has 6 heteroatoms. The molecule has 0 aromatic rings. The molecular formula is C53H97NO5. The molecule has 59 heavy (non-hydrogen) atoms. The van der Waals surface area contributed by atoms with E-state index in [1.54, 1.807) is 0 Å². The van der Waals surface area contributed by atoms with Crippen LogP contribution in [0.15, 0.2) is 48.6 Å². The summed E-state index contributed by atoms with van der Waals surface area (Å²) in [5.74, 6) is -0.519. The zero-order chi connectivity index (χ0) is 43.1. The number of nitrogens with one attached hydrogen (secondary N) is 1. The van der Waals surface area contributed by atoms with Gasteiger partial charge >= 0.3 is 5.97 Å². The predicted octanol–water partition coefficient (Wildman–Crippen LogP) is 15.1. The Labute approximate surface area is 366 Å². The molecule has 0 heterocycles. The van der Waals surface area contributed by atoms with Gasteiger partial charge in [0.1, 0.15) is 6.10 Å². The van der Waals surface area contributed by atoms with Crippen molar-refractivity contribution >= 4 is 11.9 Å². The van der Waals surface area contributed by atoms with Crippen molar-refractivity contribution in [3.63, 3.8) is 0 Å². The van der Waals surface area contributed by atoms with Crippen LogP contribution in [0, 0.1) is 0 Å². The highest BCUT2D eigenvalue weighted by Gasteiger charge is 2.24. The summed E-state index contributed by atoms with van der Waals surface area (Å²) in [6.07, 6.45) is 56.0. The smallest absolute Gasteiger partial charge is 0.306 e. The molecule has 0 aliphatic heterocycles. The van der Waals surface area contributed by atoms with Crippen molar-refractivity contribution in [1.29, 1.82) is 0 Å². The molecule has 0 rings (SSSR count). The van der Waals surface area contributed by atoms with Gasteiger partial charge in [-0.3, -0.25) is 9.59 Å². The van der Waals surface area contributed by atoms with Crippen molar-refractivity contribution in [2.75, 3.05) is 6.61 Å². The molecule has 0 spiro atoms. The van der Waals surface area contributed by atoms with E-state index in [0.29, 0.717) is 19.3 Å². The van der Waals surface area contributed by atoms with Crippen molar-refractivity contribution in [2.24, 2.45) is 0 Å². The fourth-order valence-electron chi connectivity index (χ4n) is 7.49. The maximum Gasteiger partial charge on any atom is 0.306 e. The number of allylic oxidation sites excluding steroid dienone is 8. The van der Waals surface area contributed by atoms with E-state index in [4.69, 9.17) is 4.74 Å². The highest BCUT2D eigenvalue weighted by molar-refractivity contribution is 5.77. The van der Waals surface area contributed by atoms with E-state index < -0.39 is 18.2 Å². The van der Waals surface area contributed by atoms with E-state index in [1.165, 1.54) is 128 Å². The molecule has 3 N–H and O–H groups in total. The molecular weight excluding hydrogens is 731 g/mol. The first-order valence-electron chi connectivity index (χ1n) is 25.4. The highest BCUT2D eigenvalue weighted by atomic mass is 16.5. The summed E-state index contributed by atoms with van der Waals surface area (Å²) in [6, 6.07) is -0.713. The van der Waals surface area contributed by atoms with Crippen molar-refractivity contribution in [2.45, 2.75) is 270 Å². The Morgan fingerprint density at radius 2 is 0.864 bits per heavy atom. The third-order valence-corrected chi connectivity index (χ3v) is 11.4. The molecule has 0 aliphatic rings. The predicted molar refractivity (Wildman–Crippen MR) is 255 cm³/mol. The molecule has 3 atom stereocenters. The quantitative estimate of drug-likeness (QED) is 0.0323. The Morgan fingerprint density at radius 3 is 1.37 bits per heavy atom. The summed E-state index contributed by atoms with van der Waals surface area (Å²) in [7, 11) is 0. The van der Waals surface area contributed by atoms with Crippen LogP contribution in [-0.2, 0) is 14.3 Å². The molecule has 0 aliphatic carbocycles. The number of hydrogen-bond donors (Lipinski definition) is 3. The number of ether oxygens (including phenoxy) is 1. The van der Waals surface area contributed by atoms with Crippen LogP contribution in [0.4, 0.5) is 0 Å². The van der Waals surface area contributed by atoms with Gasteiger partial charge in [0.25, 0.3) is 0 Å². The Hall–Kier alpha value is -2.18. The zero-order valence-corrected chi connectivity index (χ0v) is 39.1. The Kier molecular flexibility index (Phi) is 45.1. The molecule has 0 saturated heterocycles. The zero-order valence-electron chi connectivity index (χ0n) is 39.1. The monoisotopic (exact) mass is 828 g/mol. The molecule has 344 valence electrons. The normalized spacial score (nSPS) is 13.6. The van der Waals surface area contributed by atoms with E-state index in [9.17, 15) is 19.8 Å². The first-order chi connectivity index (χ1) is 29.0. The van der Waals surface area contributed by atoms with Gasteiger partial charge in [-0.1, -0.05) is 198 Å². The van der Waals surface area contributed by atoms with Crippen molar-refractivity contribution in [1.82, 2.24) is 5.32 Å². The minimum atomic E-state index is -0.797. The number of esters is 1. The maximum atomic E-state index is 13.2. The first kappa shape index (κ1) is 56.8. The van der Waals surface area contributed by atoms with Gasteiger partial charge in [-0.25, -0.2) is 0 Å². The van der Waals surface area contributed by atoms with Gasteiger partial charge in [0.05, 0.1) is 25.2 Å². The molecule has 0 radical (unpaired) electrons. The van der Waals surface area contributed by atoms with Crippen LogP contribution in [0.3, 0.4) is 0 Å². The number of amides is 1. The van der Waals surface area contributed by atoms with Gasteiger partial charge in [-0.15, -0.1) is 0 Å². The summed E-state index contributed by atoms with van der Waals surface area (Å²) in [5.41, 5.74) is 0. The summed E-state index contributed by atoms with van der Waals surface area (Å²) < 4.78 is 5.91. The van der Waals surface area contributed by atoms with Gasteiger partial charge < -0.3 is 20.3 Å². The van der Waals surface area contributed by atoms with Crippen LogP contribution in [0.1, 0.15) is 252 Å². The number of aliphatic hydroxyl groups excluding tert-OH is 2. The first-order valence-corrected chi connectivity index (χ1v) is 25.4. The molecule has 6 nitrogen and oxygen atoms in total. The molecule has 0 aromatic carbocycles. The van der Waals surface area contributed by atoms with Gasteiger partial charge in [0.2, 0.25) is 5.91 Å². The van der Waals surface area contributed by atoms with Crippen LogP contribution in [0.5, 0.6) is 0 Å². The molecule has 0 aromatic heterocycles. The van der Waals surface area contributed by atoms with Gasteiger partial charge in [0.15, 0.2) is 0 Å². The highest BCUT2D eigenvalue weighted by Crippen LogP contribution is 2.17. The second-order valence-corrected chi connectivity index (χ2v) is 17.2. The summed E-state index contributed by atoms with van der Waals surface area (Å²) in [4.78, 5) is 26.1. The fourth-order valence-corrected chi connectivity index (χ4v) is 7.49. The van der Waals surface area contributed by atoms with Crippen molar-refractivity contribution < 1.29 is 24.5 Å². The van der Waals surface area contributed by atoms with Crippen molar-refractivity contribution in [3.05, 3.63) is 48.6 Å². The third kappa shape index (κ3) is 42.3. The lowest BCUT2D eigenvalue weighted by atomic mass is 10.0. The minimum Gasteiger partial charge on any atom is -0.462 e. The number of aliphatic hydroxyl groups is 2. The standard InChI is InChI=1S/C53H97NO5/c1-4-7-10-13-16-19-21-23-25-27-29-31-34-37-40-43-46-53(58)59-49(44-41-38-35-33-30-28-26-24-22-20-17-14-11-8-5-2)47-52(57)54-50(48-55)51(56)45-42-39-36-32-18-15-12-9-6-3/h17,20,24-27,30,33,49-51,55-56H,4-16,18-19,21-23,28-29,31-32,34-48H2,1-3H3,(H,54,57)/b20-17-,26-24-,27-25+,33-30-. The lowest BCUT2D eigenvalue weighted by molar-refractivity contribution is -0.151. The third-order valence-electron chi connectivity index (χ3n) is 11.4. The summed E-state index contributed by atoms with van der Waals surface area (Å²) in [5, 5.41) is 23.6. The molecule has 0 bridgehead atoms.